The molecule has 0 fully saturated rings. The molecule has 2 nitrogen and oxygen atoms in total. The number of pyridine rings is 1. The van der Waals surface area contributed by atoms with E-state index < -0.39 is 0 Å². The van der Waals surface area contributed by atoms with Gasteiger partial charge in [-0.15, -0.1) is 0 Å². The van der Waals surface area contributed by atoms with E-state index in [9.17, 15) is 0 Å². The SMILES string of the molecule is CN(CCCCCCS)c1ccc(/C=C/c2cc[n+](C)cc2)cc1. The lowest BCUT2D eigenvalue weighted by molar-refractivity contribution is -0.671. The number of hydrogen-bond donors (Lipinski definition) is 1. The van der Waals surface area contributed by atoms with Crippen molar-refractivity contribution in [2.45, 2.75) is 25.7 Å². The van der Waals surface area contributed by atoms with Crippen LogP contribution in [-0.2, 0) is 7.05 Å². The van der Waals surface area contributed by atoms with Gasteiger partial charge in [0.1, 0.15) is 7.05 Å². The van der Waals surface area contributed by atoms with E-state index in [0.717, 1.165) is 12.3 Å². The van der Waals surface area contributed by atoms with Gasteiger partial charge in [-0.3, -0.25) is 0 Å². The molecule has 128 valence electrons. The van der Waals surface area contributed by atoms with E-state index in [1.807, 2.05) is 11.6 Å². The van der Waals surface area contributed by atoms with Crippen molar-refractivity contribution in [1.29, 1.82) is 0 Å². The number of aromatic nitrogens is 1. The molecule has 0 N–H and O–H groups in total. The van der Waals surface area contributed by atoms with Crippen LogP contribution < -0.4 is 9.47 Å². The van der Waals surface area contributed by atoms with Gasteiger partial charge in [-0.2, -0.15) is 12.6 Å². The van der Waals surface area contributed by atoms with Crippen LogP contribution in [0.5, 0.6) is 0 Å². The number of aryl methyl sites for hydroxylation is 1. The first-order valence-corrected chi connectivity index (χ1v) is 9.38. The average molecular weight is 342 g/mol. The number of nitrogens with zero attached hydrogens (tertiary/aromatic N) is 2. The smallest absolute Gasteiger partial charge is 0.169 e. The summed E-state index contributed by atoms with van der Waals surface area (Å²) in [6, 6.07) is 13.0. The molecule has 0 aliphatic heterocycles. The first kappa shape index (κ1) is 18.6. The molecule has 0 bridgehead atoms. The van der Waals surface area contributed by atoms with Crippen molar-refractivity contribution in [3.8, 4) is 0 Å². The molecule has 1 aromatic heterocycles. The number of thiol groups is 1. The Morgan fingerprint density at radius 2 is 1.46 bits per heavy atom. The Hall–Kier alpha value is -1.74. The number of hydrogen-bond acceptors (Lipinski definition) is 2. The van der Waals surface area contributed by atoms with E-state index in [1.54, 1.807) is 0 Å². The quantitative estimate of drug-likeness (QED) is 0.397. The molecule has 3 heteroatoms. The van der Waals surface area contributed by atoms with Crippen LogP contribution in [0.25, 0.3) is 12.2 Å². The van der Waals surface area contributed by atoms with E-state index in [1.165, 1.54) is 42.5 Å². The molecule has 0 spiro atoms. The van der Waals surface area contributed by atoms with Crippen LogP contribution >= 0.6 is 12.6 Å². The predicted octanol–water partition coefficient (Wildman–Crippen LogP) is 4.61. The highest BCUT2D eigenvalue weighted by atomic mass is 32.1. The Labute approximate surface area is 152 Å². The number of unbranched alkanes of at least 4 members (excludes halogenated alkanes) is 3. The zero-order valence-corrected chi connectivity index (χ0v) is 15.8. The van der Waals surface area contributed by atoms with Crippen molar-refractivity contribution < 1.29 is 4.57 Å². The second-order valence-electron chi connectivity index (χ2n) is 6.28. The maximum absolute atomic E-state index is 4.26. The van der Waals surface area contributed by atoms with Gasteiger partial charge in [-0.1, -0.05) is 37.1 Å². The summed E-state index contributed by atoms with van der Waals surface area (Å²) in [5.74, 6) is 1.01. The molecule has 0 unspecified atom stereocenters. The zero-order chi connectivity index (χ0) is 17.2. The third-order valence-electron chi connectivity index (χ3n) is 4.21. The van der Waals surface area contributed by atoms with Gasteiger partial charge < -0.3 is 4.90 Å². The van der Waals surface area contributed by atoms with Crippen molar-refractivity contribution in [3.63, 3.8) is 0 Å². The molecule has 1 heterocycles. The number of anilines is 1. The van der Waals surface area contributed by atoms with Gasteiger partial charge in [0.25, 0.3) is 0 Å². The van der Waals surface area contributed by atoms with Gasteiger partial charge in [0.05, 0.1) is 0 Å². The van der Waals surface area contributed by atoms with E-state index in [0.29, 0.717) is 0 Å². The normalized spacial score (nSPS) is 11.1. The van der Waals surface area contributed by atoms with Gasteiger partial charge >= 0.3 is 0 Å². The lowest BCUT2D eigenvalue weighted by Crippen LogP contribution is -2.25. The maximum atomic E-state index is 4.26. The fourth-order valence-corrected chi connectivity index (χ4v) is 2.82. The van der Waals surface area contributed by atoms with E-state index in [2.05, 4.69) is 85.5 Å². The molecule has 24 heavy (non-hydrogen) atoms. The summed E-state index contributed by atoms with van der Waals surface area (Å²) in [5, 5.41) is 0. The fraction of sp³-hybridized carbons (Fsp3) is 0.381. The molecule has 0 saturated carbocycles. The van der Waals surface area contributed by atoms with Crippen molar-refractivity contribution in [3.05, 3.63) is 59.9 Å². The minimum Gasteiger partial charge on any atom is -0.375 e. The standard InChI is InChI=1S/C21H28N2S/c1-22-16-13-20(14-17-22)8-7-19-9-11-21(12-10-19)23(2)15-5-3-4-6-18-24/h7-14,16-17H,3-6,15,18H2,1-2H3/p+1. The molecule has 0 radical (unpaired) electrons. The third kappa shape index (κ3) is 6.40. The van der Waals surface area contributed by atoms with Crippen LogP contribution in [0.15, 0.2) is 48.8 Å². The summed E-state index contributed by atoms with van der Waals surface area (Å²) in [5.41, 5.74) is 3.73. The summed E-state index contributed by atoms with van der Waals surface area (Å²) < 4.78 is 2.04. The molecular formula is C21H29N2S+. The minimum absolute atomic E-state index is 1.01. The Morgan fingerprint density at radius 3 is 2.08 bits per heavy atom. The molecule has 0 aliphatic rings. The Balaban J connectivity index is 1.84. The van der Waals surface area contributed by atoms with Crippen molar-refractivity contribution >= 4 is 30.5 Å². The Bertz CT molecular complexity index is 617. The lowest BCUT2D eigenvalue weighted by Gasteiger charge is -2.19. The second-order valence-corrected chi connectivity index (χ2v) is 6.73. The summed E-state index contributed by atoms with van der Waals surface area (Å²) in [7, 11) is 4.20. The van der Waals surface area contributed by atoms with Crippen molar-refractivity contribution in [1.82, 2.24) is 0 Å². The van der Waals surface area contributed by atoms with Crippen molar-refractivity contribution in [2.75, 3.05) is 24.2 Å². The summed E-state index contributed by atoms with van der Waals surface area (Å²) in [6.45, 7) is 1.11. The van der Waals surface area contributed by atoms with Crippen LogP contribution in [-0.4, -0.2) is 19.3 Å². The molecule has 1 aromatic carbocycles. The van der Waals surface area contributed by atoms with Crippen LogP contribution in [0, 0.1) is 0 Å². The molecular weight excluding hydrogens is 312 g/mol. The largest absolute Gasteiger partial charge is 0.375 e. The molecule has 0 saturated heterocycles. The molecule has 0 aliphatic carbocycles. The fourth-order valence-electron chi connectivity index (χ4n) is 2.60. The summed E-state index contributed by atoms with van der Waals surface area (Å²) >= 11 is 4.26. The van der Waals surface area contributed by atoms with Crippen LogP contribution in [0.3, 0.4) is 0 Å². The molecule has 2 aromatic rings. The predicted molar refractivity (Wildman–Crippen MR) is 109 cm³/mol. The van der Waals surface area contributed by atoms with E-state index in [4.69, 9.17) is 0 Å². The maximum Gasteiger partial charge on any atom is 0.169 e. The van der Waals surface area contributed by atoms with E-state index >= 15 is 0 Å². The number of rotatable bonds is 9. The van der Waals surface area contributed by atoms with Crippen molar-refractivity contribution in [2.24, 2.45) is 7.05 Å². The third-order valence-corrected chi connectivity index (χ3v) is 4.52. The lowest BCUT2D eigenvalue weighted by atomic mass is 10.1. The zero-order valence-electron chi connectivity index (χ0n) is 14.9. The monoisotopic (exact) mass is 341 g/mol. The summed E-state index contributed by atoms with van der Waals surface area (Å²) in [4.78, 5) is 2.34. The van der Waals surface area contributed by atoms with Gasteiger partial charge in [0.2, 0.25) is 0 Å². The highest BCUT2D eigenvalue weighted by molar-refractivity contribution is 7.80. The minimum atomic E-state index is 1.01. The van der Waals surface area contributed by atoms with Gasteiger partial charge in [-0.25, -0.2) is 4.57 Å². The van der Waals surface area contributed by atoms with Gasteiger partial charge in [0, 0.05) is 31.4 Å². The highest BCUT2D eigenvalue weighted by Crippen LogP contribution is 2.16. The van der Waals surface area contributed by atoms with Gasteiger partial charge in [-0.05, 0) is 41.9 Å². The van der Waals surface area contributed by atoms with Crippen LogP contribution in [0.1, 0.15) is 36.8 Å². The first-order valence-electron chi connectivity index (χ1n) is 8.74. The van der Waals surface area contributed by atoms with Crippen LogP contribution in [0.4, 0.5) is 5.69 Å². The highest BCUT2D eigenvalue weighted by Gasteiger charge is 2.00. The molecule has 0 atom stereocenters. The average Bonchev–Trinajstić information content (AvgIpc) is 2.61. The Kier molecular flexibility index (Phi) is 7.90. The first-order chi connectivity index (χ1) is 11.7. The molecule has 0 amide bonds. The van der Waals surface area contributed by atoms with Gasteiger partial charge in [0.15, 0.2) is 12.4 Å². The number of benzene rings is 1. The molecule has 2 rings (SSSR count). The van der Waals surface area contributed by atoms with E-state index in [-0.39, 0.29) is 0 Å². The second kappa shape index (κ2) is 10.2. The topological polar surface area (TPSA) is 7.12 Å². The van der Waals surface area contributed by atoms with Crippen LogP contribution in [0.2, 0.25) is 0 Å². The summed E-state index contributed by atoms with van der Waals surface area (Å²) in [6.07, 6.45) is 13.5. The Morgan fingerprint density at radius 1 is 0.875 bits per heavy atom.